The van der Waals surface area contributed by atoms with Crippen LogP contribution in [0.15, 0.2) is 54.6 Å². The molecule has 1 saturated heterocycles. The van der Waals surface area contributed by atoms with Gasteiger partial charge in [0.15, 0.2) is 0 Å². The first-order chi connectivity index (χ1) is 14.1. The molecular weight excluding hydrogens is 368 g/mol. The Balaban J connectivity index is 1.54. The van der Waals surface area contributed by atoms with Gasteiger partial charge in [-0.3, -0.25) is 14.4 Å². The molecule has 0 bridgehead atoms. The summed E-state index contributed by atoms with van der Waals surface area (Å²) >= 11 is 0. The van der Waals surface area contributed by atoms with Crippen molar-refractivity contribution in [1.29, 1.82) is 0 Å². The van der Waals surface area contributed by atoms with Crippen molar-refractivity contribution >= 4 is 23.5 Å². The summed E-state index contributed by atoms with van der Waals surface area (Å²) in [5.41, 5.74) is 1.11. The van der Waals surface area contributed by atoms with Crippen LogP contribution >= 0.6 is 0 Å². The zero-order chi connectivity index (χ0) is 20.6. The Hall–Kier alpha value is -3.15. The number of likely N-dealkylation sites (tertiary alicyclic amines) is 1. The van der Waals surface area contributed by atoms with Crippen molar-refractivity contribution < 1.29 is 19.1 Å². The van der Waals surface area contributed by atoms with Crippen molar-refractivity contribution in [2.45, 2.75) is 32.6 Å². The molecule has 2 amide bonds. The van der Waals surface area contributed by atoms with Crippen LogP contribution in [0.1, 0.15) is 43.0 Å². The highest BCUT2D eigenvalue weighted by molar-refractivity contribution is 6.04. The number of esters is 1. The molecule has 0 atom stereocenters. The molecule has 1 aliphatic heterocycles. The van der Waals surface area contributed by atoms with Gasteiger partial charge in [0.1, 0.15) is 5.75 Å². The molecule has 0 unspecified atom stereocenters. The van der Waals surface area contributed by atoms with Crippen molar-refractivity contribution in [1.82, 2.24) is 4.90 Å². The van der Waals surface area contributed by atoms with Crippen LogP contribution in [0.25, 0.3) is 0 Å². The van der Waals surface area contributed by atoms with Crippen LogP contribution in [-0.4, -0.2) is 35.8 Å². The third-order valence-corrected chi connectivity index (χ3v) is 4.99. The summed E-state index contributed by atoms with van der Waals surface area (Å²) in [4.78, 5) is 38.6. The van der Waals surface area contributed by atoms with Crippen LogP contribution in [0.5, 0.6) is 5.75 Å². The highest BCUT2D eigenvalue weighted by atomic mass is 16.5. The highest BCUT2D eigenvalue weighted by Crippen LogP contribution is 2.23. The zero-order valence-electron chi connectivity index (χ0n) is 16.6. The van der Waals surface area contributed by atoms with Crippen LogP contribution in [0, 0.1) is 5.92 Å². The average Bonchev–Trinajstić information content (AvgIpc) is 2.75. The molecule has 2 aromatic carbocycles. The summed E-state index contributed by atoms with van der Waals surface area (Å²) in [5, 5.41) is 2.81. The van der Waals surface area contributed by atoms with Crippen molar-refractivity contribution in [3.8, 4) is 5.75 Å². The Morgan fingerprint density at radius 2 is 1.76 bits per heavy atom. The number of hydrogen-bond acceptors (Lipinski definition) is 4. The van der Waals surface area contributed by atoms with Gasteiger partial charge in [0, 0.05) is 36.8 Å². The predicted octanol–water partition coefficient (Wildman–Crippen LogP) is 3.88. The Bertz CT molecular complexity index is 858. The molecule has 0 aromatic heterocycles. The Morgan fingerprint density at radius 1 is 1.03 bits per heavy atom. The van der Waals surface area contributed by atoms with Gasteiger partial charge in [0.05, 0.1) is 5.92 Å². The number of carbonyl (C=O) groups is 3. The summed E-state index contributed by atoms with van der Waals surface area (Å²) in [6, 6.07) is 15.7. The third-order valence-electron chi connectivity index (χ3n) is 4.99. The van der Waals surface area contributed by atoms with E-state index in [0.29, 0.717) is 49.4 Å². The number of ether oxygens (including phenoxy) is 1. The first-order valence-corrected chi connectivity index (χ1v) is 10.0. The van der Waals surface area contributed by atoms with Crippen LogP contribution in [0.2, 0.25) is 0 Å². The molecule has 0 radical (unpaired) electrons. The Labute approximate surface area is 170 Å². The second-order valence-electron chi connectivity index (χ2n) is 7.17. The summed E-state index contributed by atoms with van der Waals surface area (Å²) < 4.78 is 5.53. The van der Waals surface area contributed by atoms with Crippen molar-refractivity contribution in [3.05, 3.63) is 60.2 Å². The van der Waals surface area contributed by atoms with Crippen molar-refractivity contribution in [2.24, 2.45) is 5.92 Å². The largest absolute Gasteiger partial charge is 0.426 e. The lowest BCUT2D eigenvalue weighted by Gasteiger charge is -2.30. The minimum absolute atomic E-state index is 0.154. The van der Waals surface area contributed by atoms with Crippen LogP contribution in [0.4, 0.5) is 5.69 Å². The number of carbonyl (C=O) groups excluding carboxylic acids is 3. The zero-order valence-corrected chi connectivity index (χ0v) is 16.6. The molecule has 1 heterocycles. The first kappa shape index (κ1) is 20.6. The maximum absolute atomic E-state index is 12.5. The minimum Gasteiger partial charge on any atom is -0.426 e. The van der Waals surface area contributed by atoms with Crippen molar-refractivity contribution in [2.75, 3.05) is 18.4 Å². The van der Waals surface area contributed by atoms with Gasteiger partial charge < -0.3 is 15.0 Å². The standard InChI is InChI=1S/C23H26N2O4/c1-2-7-21(26)25-14-12-18(13-15-25)23(28)29-20-11-6-10-19(16-20)24-22(27)17-8-4-3-5-9-17/h3-6,8-11,16,18H,2,7,12-15H2,1H3,(H,24,27). The molecular formula is C23H26N2O4. The molecule has 2 aromatic rings. The Kier molecular flexibility index (Phi) is 7.00. The maximum Gasteiger partial charge on any atom is 0.314 e. The molecule has 1 fully saturated rings. The summed E-state index contributed by atoms with van der Waals surface area (Å²) in [6.07, 6.45) is 2.60. The number of anilines is 1. The lowest BCUT2D eigenvalue weighted by Crippen LogP contribution is -2.41. The molecule has 0 aliphatic carbocycles. The van der Waals surface area contributed by atoms with Gasteiger partial charge in [0.25, 0.3) is 5.91 Å². The fourth-order valence-corrected chi connectivity index (χ4v) is 3.37. The van der Waals surface area contributed by atoms with E-state index in [2.05, 4.69) is 5.32 Å². The number of piperidine rings is 1. The molecule has 0 spiro atoms. The van der Waals surface area contributed by atoms with Gasteiger partial charge in [-0.1, -0.05) is 31.2 Å². The van der Waals surface area contributed by atoms with Gasteiger partial charge in [-0.2, -0.15) is 0 Å². The number of nitrogens with zero attached hydrogens (tertiary/aromatic N) is 1. The lowest BCUT2D eigenvalue weighted by molar-refractivity contribution is -0.143. The number of amides is 2. The van der Waals surface area contributed by atoms with Gasteiger partial charge in [-0.05, 0) is 43.5 Å². The molecule has 0 saturated carbocycles. The number of hydrogen-bond donors (Lipinski definition) is 1. The average molecular weight is 394 g/mol. The highest BCUT2D eigenvalue weighted by Gasteiger charge is 2.28. The normalized spacial score (nSPS) is 14.3. The van der Waals surface area contributed by atoms with E-state index in [-0.39, 0.29) is 23.7 Å². The minimum atomic E-state index is -0.292. The van der Waals surface area contributed by atoms with E-state index in [1.54, 1.807) is 48.5 Å². The number of nitrogens with one attached hydrogen (secondary N) is 1. The predicted molar refractivity (Wildman–Crippen MR) is 111 cm³/mol. The molecule has 6 heteroatoms. The quantitative estimate of drug-likeness (QED) is 0.596. The van der Waals surface area contributed by atoms with E-state index in [4.69, 9.17) is 4.74 Å². The summed E-state index contributed by atoms with van der Waals surface area (Å²) in [7, 11) is 0. The van der Waals surface area contributed by atoms with E-state index in [9.17, 15) is 14.4 Å². The lowest BCUT2D eigenvalue weighted by atomic mass is 9.96. The summed E-state index contributed by atoms with van der Waals surface area (Å²) in [6.45, 7) is 3.16. The van der Waals surface area contributed by atoms with E-state index in [1.165, 1.54) is 0 Å². The topological polar surface area (TPSA) is 75.7 Å². The molecule has 152 valence electrons. The van der Waals surface area contributed by atoms with Crippen LogP contribution < -0.4 is 10.1 Å². The number of benzene rings is 2. The first-order valence-electron chi connectivity index (χ1n) is 10.0. The summed E-state index contributed by atoms with van der Waals surface area (Å²) in [5.74, 6) is -0.188. The monoisotopic (exact) mass is 394 g/mol. The fraction of sp³-hybridized carbons (Fsp3) is 0.348. The molecule has 3 rings (SSSR count). The number of rotatable bonds is 6. The van der Waals surface area contributed by atoms with Crippen LogP contribution in [-0.2, 0) is 9.59 Å². The van der Waals surface area contributed by atoms with Gasteiger partial charge >= 0.3 is 5.97 Å². The molecule has 1 N–H and O–H groups in total. The molecule has 29 heavy (non-hydrogen) atoms. The van der Waals surface area contributed by atoms with Crippen LogP contribution in [0.3, 0.4) is 0 Å². The van der Waals surface area contributed by atoms with Gasteiger partial charge in [-0.25, -0.2) is 0 Å². The second kappa shape index (κ2) is 9.87. The Morgan fingerprint density at radius 3 is 2.45 bits per heavy atom. The third kappa shape index (κ3) is 5.67. The smallest absolute Gasteiger partial charge is 0.314 e. The van der Waals surface area contributed by atoms with Crippen molar-refractivity contribution in [3.63, 3.8) is 0 Å². The van der Waals surface area contributed by atoms with Gasteiger partial charge in [0.2, 0.25) is 5.91 Å². The van der Waals surface area contributed by atoms with Gasteiger partial charge in [-0.15, -0.1) is 0 Å². The van der Waals surface area contributed by atoms with E-state index >= 15 is 0 Å². The van der Waals surface area contributed by atoms with E-state index < -0.39 is 0 Å². The SMILES string of the molecule is CCCC(=O)N1CCC(C(=O)Oc2cccc(NC(=O)c3ccccc3)c2)CC1. The maximum atomic E-state index is 12.5. The second-order valence-corrected chi connectivity index (χ2v) is 7.17. The van der Waals surface area contributed by atoms with E-state index in [0.717, 1.165) is 6.42 Å². The van der Waals surface area contributed by atoms with E-state index in [1.807, 2.05) is 17.9 Å². The molecule has 6 nitrogen and oxygen atoms in total. The fourth-order valence-electron chi connectivity index (χ4n) is 3.37. The molecule has 1 aliphatic rings.